The molecule has 0 bridgehead atoms. The fourth-order valence-corrected chi connectivity index (χ4v) is 2.64. The molecule has 0 aliphatic carbocycles. The SMILES string of the molecule is CCOC(=O)c1cc(C)n2c1Cc1ccccc1-2. The molecule has 0 spiro atoms. The molecule has 3 nitrogen and oxygen atoms in total. The minimum absolute atomic E-state index is 0.220. The van der Waals surface area contributed by atoms with Gasteiger partial charge in [0.05, 0.1) is 12.2 Å². The number of benzene rings is 1. The van der Waals surface area contributed by atoms with Gasteiger partial charge >= 0.3 is 5.97 Å². The van der Waals surface area contributed by atoms with Gasteiger partial charge < -0.3 is 9.30 Å². The normalized spacial score (nSPS) is 12.1. The highest BCUT2D eigenvalue weighted by Gasteiger charge is 2.26. The number of ether oxygens (including phenoxy) is 1. The maximum Gasteiger partial charge on any atom is 0.339 e. The van der Waals surface area contributed by atoms with E-state index in [1.807, 2.05) is 32.0 Å². The number of hydrogen-bond donors (Lipinski definition) is 0. The minimum Gasteiger partial charge on any atom is -0.462 e. The van der Waals surface area contributed by atoms with E-state index >= 15 is 0 Å². The van der Waals surface area contributed by atoms with Crippen LogP contribution in [0.3, 0.4) is 0 Å². The van der Waals surface area contributed by atoms with E-state index < -0.39 is 0 Å². The van der Waals surface area contributed by atoms with Gasteiger partial charge in [-0.1, -0.05) is 18.2 Å². The van der Waals surface area contributed by atoms with Crippen LogP contribution in [0.25, 0.3) is 5.69 Å². The van der Waals surface area contributed by atoms with E-state index in [0.717, 1.165) is 17.8 Å². The van der Waals surface area contributed by atoms with Crippen molar-refractivity contribution in [1.82, 2.24) is 4.57 Å². The molecular formula is C15H15NO2. The largest absolute Gasteiger partial charge is 0.462 e. The average molecular weight is 241 g/mol. The Bertz CT molecular complexity index is 625. The smallest absolute Gasteiger partial charge is 0.339 e. The molecule has 3 heteroatoms. The zero-order chi connectivity index (χ0) is 12.7. The highest BCUT2D eigenvalue weighted by atomic mass is 16.5. The van der Waals surface area contributed by atoms with Crippen molar-refractivity contribution < 1.29 is 9.53 Å². The Morgan fingerprint density at radius 1 is 1.39 bits per heavy atom. The number of carbonyl (C=O) groups is 1. The van der Waals surface area contributed by atoms with E-state index in [1.165, 1.54) is 11.3 Å². The molecule has 1 aromatic carbocycles. The molecule has 92 valence electrons. The van der Waals surface area contributed by atoms with Crippen LogP contribution in [0.15, 0.2) is 30.3 Å². The molecule has 1 aromatic heterocycles. The molecule has 3 rings (SSSR count). The van der Waals surface area contributed by atoms with Crippen LogP contribution in [0, 0.1) is 6.92 Å². The van der Waals surface area contributed by atoms with Gasteiger partial charge in [-0.05, 0) is 31.5 Å². The lowest BCUT2D eigenvalue weighted by Crippen LogP contribution is -2.06. The van der Waals surface area contributed by atoms with Gasteiger partial charge in [-0.15, -0.1) is 0 Å². The van der Waals surface area contributed by atoms with Crippen molar-refractivity contribution in [2.45, 2.75) is 20.3 Å². The van der Waals surface area contributed by atoms with Gasteiger partial charge in [-0.3, -0.25) is 0 Å². The van der Waals surface area contributed by atoms with Crippen molar-refractivity contribution >= 4 is 5.97 Å². The third-order valence-corrected chi connectivity index (χ3v) is 3.37. The standard InChI is InChI=1S/C15H15NO2/c1-3-18-15(17)12-8-10(2)16-13-7-5-4-6-11(13)9-14(12)16/h4-8H,3,9H2,1-2H3. The number of fused-ring (bicyclic) bond motifs is 3. The summed E-state index contributed by atoms with van der Waals surface area (Å²) in [5.74, 6) is -0.220. The number of carbonyl (C=O) groups excluding carboxylic acids is 1. The van der Waals surface area contributed by atoms with Crippen LogP contribution in [-0.4, -0.2) is 17.1 Å². The zero-order valence-corrected chi connectivity index (χ0v) is 10.6. The Morgan fingerprint density at radius 2 is 2.17 bits per heavy atom. The van der Waals surface area contributed by atoms with Crippen LogP contribution in [-0.2, 0) is 11.2 Å². The van der Waals surface area contributed by atoms with Crippen molar-refractivity contribution in [3.05, 3.63) is 52.8 Å². The van der Waals surface area contributed by atoms with E-state index in [-0.39, 0.29) is 5.97 Å². The molecule has 0 fully saturated rings. The fourth-order valence-electron chi connectivity index (χ4n) is 2.64. The highest BCUT2D eigenvalue weighted by molar-refractivity contribution is 5.92. The summed E-state index contributed by atoms with van der Waals surface area (Å²) >= 11 is 0. The van der Waals surface area contributed by atoms with Crippen molar-refractivity contribution in [3.63, 3.8) is 0 Å². The number of esters is 1. The lowest BCUT2D eigenvalue weighted by Gasteiger charge is -2.04. The Morgan fingerprint density at radius 3 is 2.94 bits per heavy atom. The maximum absolute atomic E-state index is 11.9. The van der Waals surface area contributed by atoms with Crippen LogP contribution in [0.1, 0.15) is 34.2 Å². The van der Waals surface area contributed by atoms with Crippen molar-refractivity contribution in [1.29, 1.82) is 0 Å². The van der Waals surface area contributed by atoms with Crippen molar-refractivity contribution in [3.8, 4) is 5.69 Å². The molecule has 0 N–H and O–H groups in total. The first-order valence-electron chi connectivity index (χ1n) is 6.19. The summed E-state index contributed by atoms with van der Waals surface area (Å²) in [5, 5.41) is 0. The second-order valence-electron chi connectivity index (χ2n) is 4.51. The molecule has 18 heavy (non-hydrogen) atoms. The van der Waals surface area contributed by atoms with Crippen LogP contribution in [0.2, 0.25) is 0 Å². The van der Waals surface area contributed by atoms with Gasteiger partial charge in [0.2, 0.25) is 0 Å². The summed E-state index contributed by atoms with van der Waals surface area (Å²) in [7, 11) is 0. The van der Waals surface area contributed by atoms with Crippen molar-refractivity contribution in [2.75, 3.05) is 6.61 Å². The second-order valence-corrected chi connectivity index (χ2v) is 4.51. The number of aryl methyl sites for hydroxylation is 1. The second kappa shape index (κ2) is 4.02. The van der Waals surface area contributed by atoms with Gasteiger partial charge in [0.1, 0.15) is 0 Å². The monoisotopic (exact) mass is 241 g/mol. The number of para-hydroxylation sites is 1. The first-order valence-corrected chi connectivity index (χ1v) is 6.19. The summed E-state index contributed by atoms with van der Waals surface area (Å²) in [6.45, 7) is 4.26. The Balaban J connectivity index is 2.13. The van der Waals surface area contributed by atoms with Gasteiger partial charge in [-0.2, -0.15) is 0 Å². The summed E-state index contributed by atoms with van der Waals surface area (Å²) in [4.78, 5) is 11.9. The molecule has 1 aliphatic rings. The van der Waals surface area contributed by atoms with Crippen LogP contribution >= 0.6 is 0 Å². The van der Waals surface area contributed by atoms with Gasteiger partial charge in [-0.25, -0.2) is 4.79 Å². The van der Waals surface area contributed by atoms with E-state index in [1.54, 1.807) is 0 Å². The third kappa shape index (κ3) is 1.47. The maximum atomic E-state index is 11.9. The quantitative estimate of drug-likeness (QED) is 0.646. The number of nitrogens with zero attached hydrogens (tertiary/aromatic N) is 1. The fraction of sp³-hybridized carbons (Fsp3) is 0.267. The molecule has 0 atom stereocenters. The molecule has 0 radical (unpaired) electrons. The first kappa shape index (κ1) is 11.1. The number of hydrogen-bond acceptors (Lipinski definition) is 2. The van der Waals surface area contributed by atoms with Crippen LogP contribution < -0.4 is 0 Å². The topological polar surface area (TPSA) is 31.2 Å². The summed E-state index contributed by atoms with van der Waals surface area (Å²) < 4.78 is 7.27. The molecule has 0 unspecified atom stereocenters. The van der Waals surface area contributed by atoms with Crippen LogP contribution in [0.4, 0.5) is 0 Å². The lowest BCUT2D eigenvalue weighted by atomic mass is 10.1. The van der Waals surface area contributed by atoms with Gasteiger partial charge in [0, 0.05) is 23.5 Å². The highest BCUT2D eigenvalue weighted by Crippen LogP contribution is 2.33. The molecule has 0 saturated carbocycles. The molecule has 2 aromatic rings. The molecule has 0 amide bonds. The summed E-state index contributed by atoms with van der Waals surface area (Å²) in [6.07, 6.45) is 0.804. The number of aromatic nitrogens is 1. The lowest BCUT2D eigenvalue weighted by molar-refractivity contribution is 0.0525. The minimum atomic E-state index is -0.220. The summed E-state index contributed by atoms with van der Waals surface area (Å²) in [6, 6.07) is 10.2. The van der Waals surface area contributed by atoms with Crippen molar-refractivity contribution in [2.24, 2.45) is 0 Å². The van der Waals surface area contributed by atoms with Gasteiger partial charge in [0.25, 0.3) is 0 Å². The van der Waals surface area contributed by atoms with Crippen LogP contribution in [0.5, 0.6) is 0 Å². The molecular weight excluding hydrogens is 226 g/mol. The first-order chi connectivity index (χ1) is 8.72. The molecule has 1 aliphatic heterocycles. The van der Waals surface area contributed by atoms with E-state index in [4.69, 9.17) is 4.74 Å². The average Bonchev–Trinajstić information content (AvgIpc) is 2.88. The molecule has 0 saturated heterocycles. The predicted molar refractivity (Wildman–Crippen MR) is 69.3 cm³/mol. The van der Waals surface area contributed by atoms with E-state index in [9.17, 15) is 4.79 Å². The summed E-state index contributed by atoms with van der Waals surface area (Å²) in [5.41, 5.74) is 5.28. The molecule has 2 heterocycles. The predicted octanol–water partition coefficient (Wildman–Crippen LogP) is 2.87. The van der Waals surface area contributed by atoms with E-state index in [0.29, 0.717) is 12.2 Å². The van der Waals surface area contributed by atoms with E-state index in [2.05, 4.69) is 16.7 Å². The number of rotatable bonds is 2. The third-order valence-electron chi connectivity index (χ3n) is 3.37. The Hall–Kier alpha value is -2.03. The Labute approximate surface area is 106 Å². The Kier molecular flexibility index (Phi) is 2.47. The zero-order valence-electron chi connectivity index (χ0n) is 10.6. The van der Waals surface area contributed by atoms with Gasteiger partial charge in [0.15, 0.2) is 0 Å².